The van der Waals surface area contributed by atoms with Crippen molar-refractivity contribution in [2.75, 3.05) is 13.1 Å². The average Bonchev–Trinajstić information content (AvgIpc) is 2.78. The molecule has 3 aromatic rings. The van der Waals surface area contributed by atoms with Crippen molar-refractivity contribution < 1.29 is 19.0 Å². The highest BCUT2D eigenvalue weighted by Gasteiger charge is 2.29. The molecular formula is C28H30N2O4. The van der Waals surface area contributed by atoms with Gasteiger partial charge in [-0.25, -0.2) is 4.79 Å². The van der Waals surface area contributed by atoms with Crippen molar-refractivity contribution in [3.8, 4) is 11.8 Å². The first-order valence-corrected chi connectivity index (χ1v) is 11.4. The standard InChI is InChI=1S/C28H30N2O4/c1-28(2,3)34-27(31)30-17-24(18-30)14-23-15-25(32-19-21-10-6-4-7-11-21)29-26(16-23)33-20-22-12-8-5-9-13-22/h4-16H,17-20H2,1-3H3. The van der Waals surface area contributed by atoms with Crippen LogP contribution >= 0.6 is 0 Å². The first kappa shape index (κ1) is 23.4. The number of carbonyl (C=O) groups is 1. The van der Waals surface area contributed by atoms with Crippen LogP contribution in [0.5, 0.6) is 11.8 Å². The van der Waals surface area contributed by atoms with Crippen LogP contribution in [0.1, 0.15) is 37.5 Å². The first-order chi connectivity index (χ1) is 16.3. The summed E-state index contributed by atoms with van der Waals surface area (Å²) in [5.74, 6) is 0.981. The average molecular weight is 459 g/mol. The highest BCUT2D eigenvalue weighted by Crippen LogP contribution is 2.25. The van der Waals surface area contributed by atoms with Crippen LogP contribution in [0.2, 0.25) is 0 Å². The van der Waals surface area contributed by atoms with Gasteiger partial charge in [-0.1, -0.05) is 66.7 Å². The Labute approximate surface area is 200 Å². The molecule has 4 rings (SSSR count). The molecule has 34 heavy (non-hydrogen) atoms. The zero-order valence-electron chi connectivity index (χ0n) is 19.9. The Balaban J connectivity index is 1.46. The van der Waals surface area contributed by atoms with Crippen molar-refractivity contribution in [1.82, 2.24) is 9.88 Å². The molecule has 1 saturated heterocycles. The molecule has 6 nitrogen and oxygen atoms in total. The Morgan fingerprint density at radius 2 is 1.38 bits per heavy atom. The van der Waals surface area contributed by atoms with Crippen LogP contribution in [0.3, 0.4) is 0 Å². The maximum atomic E-state index is 12.2. The molecule has 0 aliphatic carbocycles. The summed E-state index contributed by atoms with van der Waals surface area (Å²) in [7, 11) is 0. The monoisotopic (exact) mass is 458 g/mol. The lowest BCUT2D eigenvalue weighted by Crippen LogP contribution is -2.46. The van der Waals surface area contributed by atoms with Gasteiger partial charge in [0, 0.05) is 25.2 Å². The fraction of sp³-hybridized carbons (Fsp3) is 0.286. The smallest absolute Gasteiger partial charge is 0.410 e. The van der Waals surface area contributed by atoms with Gasteiger partial charge in [-0.2, -0.15) is 4.98 Å². The summed E-state index contributed by atoms with van der Waals surface area (Å²) in [4.78, 5) is 18.4. The summed E-state index contributed by atoms with van der Waals surface area (Å²) in [5, 5.41) is 0. The normalized spacial score (nSPS) is 13.1. The van der Waals surface area contributed by atoms with Crippen LogP contribution in [0.15, 0.2) is 78.4 Å². The van der Waals surface area contributed by atoms with Gasteiger partial charge in [-0.05, 0) is 43.0 Å². The molecule has 1 amide bonds. The predicted octanol–water partition coefficient (Wildman–Crippen LogP) is 5.87. The van der Waals surface area contributed by atoms with Crippen LogP contribution in [-0.2, 0) is 18.0 Å². The van der Waals surface area contributed by atoms with E-state index in [2.05, 4.69) is 4.98 Å². The molecule has 176 valence electrons. The minimum Gasteiger partial charge on any atom is -0.473 e. The van der Waals surface area contributed by atoms with Crippen molar-refractivity contribution >= 4 is 12.2 Å². The Hall–Kier alpha value is -3.80. The number of rotatable bonds is 7. The van der Waals surface area contributed by atoms with Gasteiger partial charge >= 0.3 is 6.09 Å². The molecule has 0 N–H and O–H groups in total. The van der Waals surface area contributed by atoms with Crippen LogP contribution in [0, 0.1) is 0 Å². The second kappa shape index (κ2) is 10.4. The molecule has 0 atom stereocenters. The topological polar surface area (TPSA) is 60.9 Å². The third kappa shape index (κ3) is 6.85. The number of benzene rings is 2. The van der Waals surface area contributed by atoms with E-state index in [1.807, 2.05) is 99.6 Å². The summed E-state index contributed by atoms with van der Waals surface area (Å²) < 4.78 is 17.4. The Morgan fingerprint density at radius 3 is 1.85 bits per heavy atom. The van der Waals surface area contributed by atoms with Gasteiger partial charge in [-0.15, -0.1) is 0 Å². The molecule has 1 aliphatic heterocycles. The lowest BCUT2D eigenvalue weighted by Gasteiger charge is -2.35. The summed E-state index contributed by atoms with van der Waals surface area (Å²) in [6.07, 6.45) is 1.76. The Bertz CT molecular complexity index is 1070. The molecule has 1 aliphatic rings. The number of aromatic nitrogens is 1. The van der Waals surface area contributed by atoms with E-state index in [1.165, 1.54) is 0 Å². The van der Waals surface area contributed by atoms with E-state index in [-0.39, 0.29) is 6.09 Å². The van der Waals surface area contributed by atoms with Crippen LogP contribution in [0.25, 0.3) is 6.08 Å². The van der Waals surface area contributed by atoms with Crippen molar-refractivity contribution in [2.45, 2.75) is 39.6 Å². The number of amides is 1. The van der Waals surface area contributed by atoms with Gasteiger partial charge in [-0.3, -0.25) is 0 Å². The van der Waals surface area contributed by atoms with E-state index in [9.17, 15) is 4.79 Å². The van der Waals surface area contributed by atoms with E-state index in [1.54, 1.807) is 4.90 Å². The summed E-state index contributed by atoms with van der Waals surface area (Å²) in [6, 6.07) is 23.7. The third-order valence-electron chi connectivity index (χ3n) is 5.07. The molecule has 2 aromatic carbocycles. The van der Waals surface area contributed by atoms with E-state index in [4.69, 9.17) is 14.2 Å². The number of likely N-dealkylation sites (tertiary alicyclic amines) is 1. The first-order valence-electron chi connectivity index (χ1n) is 11.4. The molecule has 0 unspecified atom stereocenters. The largest absolute Gasteiger partial charge is 0.473 e. The fourth-order valence-corrected chi connectivity index (χ4v) is 3.42. The SMILES string of the molecule is CC(C)(C)OC(=O)N1CC(=Cc2cc(OCc3ccccc3)nc(OCc3ccccc3)c2)C1. The highest BCUT2D eigenvalue weighted by molar-refractivity contribution is 5.72. The minimum absolute atomic E-state index is 0.293. The zero-order valence-corrected chi connectivity index (χ0v) is 19.9. The molecule has 0 radical (unpaired) electrons. The molecule has 0 saturated carbocycles. The molecule has 1 fully saturated rings. The van der Waals surface area contributed by atoms with Crippen LogP contribution in [0.4, 0.5) is 4.79 Å². The molecule has 0 bridgehead atoms. The zero-order chi connectivity index (χ0) is 24.0. The lowest BCUT2D eigenvalue weighted by molar-refractivity contribution is 0.0216. The molecule has 6 heteroatoms. The highest BCUT2D eigenvalue weighted by atomic mass is 16.6. The molecule has 0 spiro atoms. The number of carbonyl (C=O) groups excluding carboxylic acids is 1. The van der Waals surface area contributed by atoms with Crippen molar-refractivity contribution in [3.63, 3.8) is 0 Å². The third-order valence-corrected chi connectivity index (χ3v) is 5.07. The number of hydrogen-bond acceptors (Lipinski definition) is 5. The maximum Gasteiger partial charge on any atom is 0.410 e. The van der Waals surface area contributed by atoms with E-state index < -0.39 is 5.60 Å². The van der Waals surface area contributed by atoms with Gasteiger partial charge in [0.2, 0.25) is 11.8 Å². The molecular weight excluding hydrogens is 428 g/mol. The van der Waals surface area contributed by atoms with Gasteiger partial charge in [0.05, 0.1) is 0 Å². The summed E-state index contributed by atoms with van der Waals surface area (Å²) >= 11 is 0. The molecule has 1 aromatic heterocycles. The van der Waals surface area contributed by atoms with Gasteiger partial charge in [0.1, 0.15) is 18.8 Å². The number of ether oxygens (including phenoxy) is 3. The van der Waals surface area contributed by atoms with E-state index in [0.29, 0.717) is 38.1 Å². The lowest BCUT2D eigenvalue weighted by atomic mass is 10.1. The maximum absolute atomic E-state index is 12.2. The Kier molecular flexibility index (Phi) is 7.16. The summed E-state index contributed by atoms with van der Waals surface area (Å²) in [5.41, 5.74) is 3.66. The fourth-order valence-electron chi connectivity index (χ4n) is 3.42. The van der Waals surface area contributed by atoms with E-state index in [0.717, 1.165) is 22.3 Å². The van der Waals surface area contributed by atoms with Crippen molar-refractivity contribution in [1.29, 1.82) is 0 Å². The second-order valence-electron chi connectivity index (χ2n) is 9.26. The minimum atomic E-state index is -0.502. The van der Waals surface area contributed by atoms with Crippen molar-refractivity contribution in [3.05, 3.63) is 95.1 Å². The van der Waals surface area contributed by atoms with E-state index >= 15 is 0 Å². The van der Waals surface area contributed by atoms with Gasteiger partial charge < -0.3 is 19.1 Å². The van der Waals surface area contributed by atoms with Crippen molar-refractivity contribution in [2.24, 2.45) is 0 Å². The summed E-state index contributed by atoms with van der Waals surface area (Å²) in [6.45, 7) is 7.51. The number of pyridine rings is 1. The predicted molar refractivity (Wildman–Crippen MR) is 132 cm³/mol. The molecule has 2 heterocycles. The number of nitrogens with zero attached hydrogens (tertiary/aromatic N) is 2. The Morgan fingerprint density at radius 1 is 0.882 bits per heavy atom. The second-order valence-corrected chi connectivity index (χ2v) is 9.26. The number of hydrogen-bond donors (Lipinski definition) is 0. The van der Waals surface area contributed by atoms with Gasteiger partial charge in [0.25, 0.3) is 0 Å². The quantitative estimate of drug-likeness (QED) is 0.443. The van der Waals surface area contributed by atoms with Crippen LogP contribution in [-0.4, -0.2) is 34.7 Å². The van der Waals surface area contributed by atoms with Gasteiger partial charge in [0.15, 0.2) is 0 Å². The van der Waals surface area contributed by atoms with Crippen LogP contribution < -0.4 is 9.47 Å².